The molecule has 3 N–H and O–H groups in total. The van der Waals surface area contributed by atoms with Crippen molar-refractivity contribution in [3.05, 3.63) is 61.1 Å². The number of nitrogens with one attached hydrogen (secondary N) is 3. The molecular formula is C14H14FN5O. The molecule has 21 heavy (non-hydrogen) atoms. The molecular weight excluding hydrogens is 273 g/mol. The number of pyridine rings is 1. The molecule has 0 saturated carbocycles. The standard InChI is InChI=1S/C14H14FN5O/c15-12-9-11(3-5-18-12)17-6-4-13(16)19-14(21)10-20-7-1-2-8-20/h1-9H,10H2,(H,17,18)(H2,16,19,21)/b6-4-. The van der Waals surface area contributed by atoms with Gasteiger partial charge in [-0.2, -0.15) is 4.39 Å². The molecule has 0 bridgehead atoms. The van der Waals surface area contributed by atoms with E-state index < -0.39 is 5.95 Å². The van der Waals surface area contributed by atoms with Crippen LogP contribution in [0, 0.1) is 11.4 Å². The van der Waals surface area contributed by atoms with Crippen LogP contribution in [-0.2, 0) is 11.3 Å². The van der Waals surface area contributed by atoms with Crippen LogP contribution in [0.2, 0.25) is 0 Å². The van der Waals surface area contributed by atoms with E-state index in [0.29, 0.717) is 5.69 Å². The molecule has 0 unspecified atom stereocenters. The summed E-state index contributed by atoms with van der Waals surface area (Å²) in [6, 6.07) is 6.44. The molecule has 1 amide bonds. The number of carbonyl (C=O) groups is 1. The zero-order chi connectivity index (χ0) is 15.1. The highest BCUT2D eigenvalue weighted by Gasteiger charge is 2.02. The van der Waals surface area contributed by atoms with Gasteiger partial charge < -0.3 is 15.2 Å². The highest BCUT2D eigenvalue weighted by atomic mass is 19.1. The Morgan fingerprint density at radius 2 is 2.19 bits per heavy atom. The van der Waals surface area contributed by atoms with E-state index in [2.05, 4.69) is 15.6 Å². The van der Waals surface area contributed by atoms with Crippen molar-refractivity contribution >= 4 is 17.4 Å². The predicted octanol–water partition coefficient (Wildman–Crippen LogP) is 1.74. The summed E-state index contributed by atoms with van der Waals surface area (Å²) < 4.78 is 14.5. The number of amides is 1. The number of hydrogen-bond acceptors (Lipinski definition) is 4. The van der Waals surface area contributed by atoms with Crippen LogP contribution in [0.3, 0.4) is 0 Å². The summed E-state index contributed by atoms with van der Waals surface area (Å²) in [6.45, 7) is 0.145. The molecule has 2 aromatic heterocycles. The molecule has 6 nitrogen and oxygen atoms in total. The molecule has 0 atom stereocenters. The molecule has 0 spiro atoms. The lowest BCUT2D eigenvalue weighted by molar-refractivity contribution is -0.120. The minimum Gasteiger partial charge on any atom is -0.361 e. The van der Waals surface area contributed by atoms with Crippen LogP contribution in [0.15, 0.2) is 55.1 Å². The predicted molar refractivity (Wildman–Crippen MR) is 77.3 cm³/mol. The highest BCUT2D eigenvalue weighted by Crippen LogP contribution is 2.05. The number of hydrogen-bond donors (Lipinski definition) is 3. The molecule has 0 aromatic carbocycles. The van der Waals surface area contributed by atoms with Gasteiger partial charge in [0.2, 0.25) is 11.9 Å². The third kappa shape index (κ3) is 4.90. The molecule has 0 aliphatic carbocycles. The van der Waals surface area contributed by atoms with Crippen molar-refractivity contribution in [3.8, 4) is 0 Å². The zero-order valence-electron chi connectivity index (χ0n) is 11.1. The first kappa shape index (κ1) is 14.4. The van der Waals surface area contributed by atoms with Gasteiger partial charge >= 0.3 is 0 Å². The third-order valence-electron chi connectivity index (χ3n) is 2.49. The van der Waals surface area contributed by atoms with Crippen molar-refractivity contribution in [1.82, 2.24) is 14.9 Å². The van der Waals surface area contributed by atoms with Gasteiger partial charge in [-0.3, -0.25) is 10.2 Å². The van der Waals surface area contributed by atoms with Crippen LogP contribution >= 0.6 is 0 Å². The molecule has 2 rings (SSSR count). The van der Waals surface area contributed by atoms with Crippen LogP contribution < -0.4 is 10.6 Å². The number of nitrogens with zero attached hydrogens (tertiary/aromatic N) is 2. The quantitative estimate of drug-likeness (QED) is 0.445. The van der Waals surface area contributed by atoms with E-state index in [1.807, 2.05) is 12.1 Å². The maximum atomic E-state index is 12.8. The van der Waals surface area contributed by atoms with E-state index in [1.165, 1.54) is 24.5 Å². The topological polar surface area (TPSA) is 82.8 Å². The number of anilines is 1. The number of carbonyl (C=O) groups excluding carboxylic acids is 1. The lowest BCUT2D eigenvalue weighted by Gasteiger charge is -2.04. The van der Waals surface area contributed by atoms with E-state index in [4.69, 9.17) is 5.41 Å². The summed E-state index contributed by atoms with van der Waals surface area (Å²) in [7, 11) is 0. The maximum Gasteiger partial charge on any atom is 0.245 e. The van der Waals surface area contributed by atoms with Crippen LogP contribution in [-0.4, -0.2) is 21.3 Å². The Labute approximate surface area is 120 Å². The fraction of sp³-hybridized carbons (Fsp3) is 0.0714. The van der Waals surface area contributed by atoms with Crippen molar-refractivity contribution in [1.29, 1.82) is 5.41 Å². The first-order chi connectivity index (χ1) is 10.1. The molecule has 108 valence electrons. The Morgan fingerprint density at radius 3 is 2.90 bits per heavy atom. The normalized spacial score (nSPS) is 10.5. The summed E-state index contributed by atoms with van der Waals surface area (Å²) in [5.41, 5.74) is 0.505. The second kappa shape index (κ2) is 6.99. The Kier molecular flexibility index (Phi) is 4.81. The number of halogens is 1. The van der Waals surface area contributed by atoms with Crippen LogP contribution in [0.25, 0.3) is 0 Å². The van der Waals surface area contributed by atoms with Gasteiger partial charge in [-0.1, -0.05) is 0 Å². The van der Waals surface area contributed by atoms with Gasteiger partial charge in [-0.15, -0.1) is 0 Å². The largest absolute Gasteiger partial charge is 0.361 e. The van der Waals surface area contributed by atoms with Gasteiger partial charge in [0.1, 0.15) is 12.4 Å². The number of amidine groups is 1. The van der Waals surface area contributed by atoms with Crippen molar-refractivity contribution < 1.29 is 9.18 Å². The van der Waals surface area contributed by atoms with Gasteiger partial charge in [0.15, 0.2) is 0 Å². The minimum atomic E-state index is -0.594. The SMILES string of the molecule is N=C(/C=C\Nc1ccnc(F)c1)NC(=O)Cn1cccc1. The molecule has 0 radical (unpaired) electrons. The van der Waals surface area contributed by atoms with Gasteiger partial charge in [0, 0.05) is 36.5 Å². The second-order valence-electron chi connectivity index (χ2n) is 4.16. The monoisotopic (exact) mass is 287 g/mol. The number of rotatable bonds is 5. The highest BCUT2D eigenvalue weighted by molar-refractivity contribution is 6.02. The molecule has 7 heteroatoms. The molecule has 2 aromatic rings. The third-order valence-corrected chi connectivity index (χ3v) is 2.49. The Bertz CT molecular complexity index is 651. The fourth-order valence-corrected chi connectivity index (χ4v) is 1.59. The van der Waals surface area contributed by atoms with E-state index in [9.17, 15) is 9.18 Å². The van der Waals surface area contributed by atoms with E-state index in [1.54, 1.807) is 23.0 Å². The molecule has 0 aliphatic rings. The van der Waals surface area contributed by atoms with Crippen LogP contribution in [0.1, 0.15) is 0 Å². The van der Waals surface area contributed by atoms with Crippen molar-refractivity contribution in [3.63, 3.8) is 0 Å². The Hall–Kier alpha value is -2.96. The van der Waals surface area contributed by atoms with Gasteiger partial charge in [-0.05, 0) is 24.3 Å². The average Bonchev–Trinajstić information content (AvgIpc) is 2.91. The van der Waals surface area contributed by atoms with E-state index in [-0.39, 0.29) is 18.3 Å². The molecule has 2 heterocycles. The lowest BCUT2D eigenvalue weighted by atomic mass is 10.4. The summed E-state index contributed by atoms with van der Waals surface area (Å²) in [4.78, 5) is 15.0. The Balaban J connectivity index is 1.78. The van der Waals surface area contributed by atoms with Crippen LogP contribution in [0.4, 0.5) is 10.1 Å². The van der Waals surface area contributed by atoms with Crippen molar-refractivity contribution in [2.45, 2.75) is 6.54 Å². The first-order valence-electron chi connectivity index (χ1n) is 6.17. The average molecular weight is 287 g/mol. The van der Waals surface area contributed by atoms with Gasteiger partial charge in [0.25, 0.3) is 0 Å². The minimum absolute atomic E-state index is 0.0609. The summed E-state index contributed by atoms with van der Waals surface area (Å²) in [5.74, 6) is -0.950. The smallest absolute Gasteiger partial charge is 0.245 e. The first-order valence-corrected chi connectivity index (χ1v) is 6.17. The van der Waals surface area contributed by atoms with Gasteiger partial charge in [-0.25, -0.2) is 4.98 Å². The fourth-order valence-electron chi connectivity index (χ4n) is 1.59. The molecule has 0 saturated heterocycles. The second-order valence-corrected chi connectivity index (χ2v) is 4.16. The van der Waals surface area contributed by atoms with E-state index in [0.717, 1.165) is 0 Å². The van der Waals surface area contributed by atoms with Gasteiger partial charge in [0.05, 0.1) is 0 Å². The number of aromatic nitrogens is 2. The van der Waals surface area contributed by atoms with Crippen molar-refractivity contribution in [2.24, 2.45) is 0 Å². The summed E-state index contributed by atoms with van der Waals surface area (Å²) in [5, 5.41) is 12.8. The lowest BCUT2D eigenvalue weighted by Crippen LogP contribution is -2.31. The van der Waals surface area contributed by atoms with Crippen molar-refractivity contribution in [2.75, 3.05) is 5.32 Å². The zero-order valence-corrected chi connectivity index (χ0v) is 11.1. The molecule has 0 fully saturated rings. The van der Waals surface area contributed by atoms with Crippen LogP contribution in [0.5, 0.6) is 0 Å². The Morgan fingerprint density at radius 1 is 1.43 bits per heavy atom. The summed E-state index contributed by atoms with van der Waals surface area (Å²) >= 11 is 0. The molecule has 0 aliphatic heterocycles. The maximum absolute atomic E-state index is 12.8. The van der Waals surface area contributed by atoms with E-state index >= 15 is 0 Å². The summed E-state index contributed by atoms with van der Waals surface area (Å²) in [6.07, 6.45) is 7.66.